The van der Waals surface area contributed by atoms with Crippen LogP contribution in [0, 0.1) is 20.8 Å². The van der Waals surface area contributed by atoms with E-state index in [2.05, 4.69) is 20.4 Å². The number of alkyl halides is 3. The van der Waals surface area contributed by atoms with Crippen LogP contribution in [0.2, 0.25) is 0 Å². The number of hydrogen-bond donors (Lipinski definition) is 2. The molecule has 3 rings (SSSR count). The van der Waals surface area contributed by atoms with Crippen LogP contribution in [-0.2, 0) is 12.6 Å². The van der Waals surface area contributed by atoms with Gasteiger partial charge in [0, 0.05) is 16.8 Å². The van der Waals surface area contributed by atoms with Crippen LogP contribution in [0.25, 0.3) is 5.95 Å². The molecule has 0 fully saturated rings. The lowest BCUT2D eigenvalue weighted by Gasteiger charge is -2.16. The quantitative estimate of drug-likeness (QED) is 0.699. The van der Waals surface area contributed by atoms with E-state index in [-0.39, 0.29) is 17.2 Å². The van der Waals surface area contributed by atoms with Crippen LogP contribution in [0.1, 0.15) is 35.0 Å². The Morgan fingerprint density at radius 1 is 1.14 bits per heavy atom. The Balaban J connectivity index is 2.15. The van der Waals surface area contributed by atoms with Crippen molar-refractivity contribution in [1.82, 2.24) is 19.7 Å². The Hall–Kier alpha value is -3.10. The Bertz CT molecular complexity index is 1080. The molecular weight excluding hydrogens is 371 g/mol. The number of aromatic nitrogens is 4. The van der Waals surface area contributed by atoms with E-state index >= 15 is 0 Å². The van der Waals surface area contributed by atoms with Crippen molar-refractivity contribution in [3.63, 3.8) is 0 Å². The molecule has 9 heteroatoms. The third-order valence-corrected chi connectivity index (χ3v) is 4.61. The fourth-order valence-corrected chi connectivity index (χ4v) is 2.98. The van der Waals surface area contributed by atoms with Gasteiger partial charge in [0.15, 0.2) is 0 Å². The SMILES string of the molecule is CCc1c(C)nc(-n2nc(C)c(C)c2Nc2ccccc2C(F)(F)F)[nH]c1=O. The predicted octanol–water partition coefficient (Wildman–Crippen LogP) is 4.21. The zero-order valence-electron chi connectivity index (χ0n) is 15.9. The van der Waals surface area contributed by atoms with Crippen LogP contribution in [0.3, 0.4) is 0 Å². The third kappa shape index (κ3) is 3.51. The van der Waals surface area contributed by atoms with Gasteiger partial charge in [-0.2, -0.15) is 23.0 Å². The van der Waals surface area contributed by atoms with Crippen molar-refractivity contribution in [2.45, 2.75) is 40.3 Å². The summed E-state index contributed by atoms with van der Waals surface area (Å²) >= 11 is 0. The van der Waals surface area contributed by atoms with Crippen molar-refractivity contribution < 1.29 is 13.2 Å². The summed E-state index contributed by atoms with van der Waals surface area (Å²) in [5.74, 6) is 0.448. The number of aryl methyl sites for hydroxylation is 2. The molecule has 0 aliphatic carbocycles. The average Bonchev–Trinajstić information content (AvgIpc) is 2.89. The molecule has 0 unspecified atom stereocenters. The first kappa shape index (κ1) is 19.7. The van der Waals surface area contributed by atoms with Crippen molar-refractivity contribution >= 4 is 11.5 Å². The first-order chi connectivity index (χ1) is 13.1. The summed E-state index contributed by atoms with van der Waals surface area (Å²) in [6.07, 6.45) is -3.99. The average molecular weight is 391 g/mol. The molecule has 2 heterocycles. The first-order valence-electron chi connectivity index (χ1n) is 8.73. The molecule has 3 aromatic rings. The minimum Gasteiger partial charge on any atom is -0.339 e. The fourth-order valence-electron chi connectivity index (χ4n) is 2.98. The molecular formula is C19H20F3N5O. The van der Waals surface area contributed by atoms with Gasteiger partial charge in [-0.05, 0) is 39.3 Å². The van der Waals surface area contributed by atoms with Gasteiger partial charge in [0.2, 0.25) is 5.95 Å². The van der Waals surface area contributed by atoms with Crippen LogP contribution in [0.15, 0.2) is 29.1 Å². The number of hydrogen-bond acceptors (Lipinski definition) is 4. The van der Waals surface area contributed by atoms with Gasteiger partial charge in [0.25, 0.3) is 5.56 Å². The molecule has 0 radical (unpaired) electrons. The largest absolute Gasteiger partial charge is 0.418 e. The smallest absolute Gasteiger partial charge is 0.339 e. The fraction of sp³-hybridized carbons (Fsp3) is 0.316. The van der Waals surface area contributed by atoms with Gasteiger partial charge in [-0.25, -0.2) is 4.98 Å². The third-order valence-electron chi connectivity index (χ3n) is 4.61. The van der Waals surface area contributed by atoms with E-state index in [1.807, 2.05) is 6.92 Å². The second-order valence-electron chi connectivity index (χ2n) is 6.45. The topological polar surface area (TPSA) is 75.6 Å². The number of nitrogens with zero attached hydrogens (tertiary/aromatic N) is 3. The lowest BCUT2D eigenvalue weighted by atomic mass is 10.1. The molecule has 2 aromatic heterocycles. The number of rotatable bonds is 4. The molecule has 0 spiro atoms. The second kappa shape index (κ2) is 7.14. The Morgan fingerprint density at radius 2 is 1.82 bits per heavy atom. The number of H-pyrrole nitrogens is 1. The van der Waals surface area contributed by atoms with Gasteiger partial charge in [0.1, 0.15) is 5.82 Å². The maximum Gasteiger partial charge on any atom is 0.418 e. The molecule has 6 nitrogen and oxygen atoms in total. The number of aromatic amines is 1. The monoisotopic (exact) mass is 391 g/mol. The minimum atomic E-state index is -4.51. The van der Waals surface area contributed by atoms with Crippen LogP contribution in [-0.4, -0.2) is 19.7 Å². The van der Waals surface area contributed by atoms with Crippen molar-refractivity contribution in [3.8, 4) is 5.95 Å². The maximum atomic E-state index is 13.3. The summed E-state index contributed by atoms with van der Waals surface area (Å²) in [6.45, 7) is 7.04. The van der Waals surface area contributed by atoms with Crippen molar-refractivity contribution in [2.24, 2.45) is 0 Å². The van der Waals surface area contributed by atoms with Crippen LogP contribution < -0.4 is 10.9 Å². The van der Waals surface area contributed by atoms with E-state index in [1.165, 1.54) is 22.9 Å². The summed E-state index contributed by atoms with van der Waals surface area (Å²) in [4.78, 5) is 19.4. The van der Waals surface area contributed by atoms with E-state index in [4.69, 9.17) is 0 Å². The number of benzene rings is 1. The highest BCUT2D eigenvalue weighted by Gasteiger charge is 2.33. The van der Waals surface area contributed by atoms with E-state index in [0.29, 0.717) is 34.8 Å². The van der Waals surface area contributed by atoms with E-state index in [9.17, 15) is 18.0 Å². The lowest BCUT2D eigenvalue weighted by molar-refractivity contribution is -0.136. The minimum absolute atomic E-state index is 0.108. The van der Waals surface area contributed by atoms with Gasteiger partial charge in [-0.15, -0.1) is 0 Å². The maximum absolute atomic E-state index is 13.3. The first-order valence-corrected chi connectivity index (χ1v) is 8.73. The Labute approximate surface area is 159 Å². The van der Waals surface area contributed by atoms with Gasteiger partial charge in [-0.1, -0.05) is 19.1 Å². The summed E-state index contributed by atoms with van der Waals surface area (Å²) in [5.41, 5.74) is 1.17. The molecule has 0 saturated carbocycles. The Morgan fingerprint density at radius 3 is 2.43 bits per heavy atom. The summed E-state index contributed by atoms with van der Waals surface area (Å²) in [7, 11) is 0. The van der Waals surface area contributed by atoms with Gasteiger partial charge in [0.05, 0.1) is 16.9 Å². The van der Waals surface area contributed by atoms with Gasteiger partial charge in [-0.3, -0.25) is 9.78 Å². The molecule has 2 N–H and O–H groups in total. The molecule has 0 atom stereocenters. The van der Waals surface area contributed by atoms with Gasteiger partial charge >= 0.3 is 6.18 Å². The Kier molecular flexibility index (Phi) is 5.01. The van der Waals surface area contributed by atoms with Crippen LogP contribution >= 0.6 is 0 Å². The lowest BCUT2D eigenvalue weighted by Crippen LogP contribution is -2.20. The number of nitrogens with one attached hydrogen (secondary N) is 2. The highest BCUT2D eigenvalue weighted by atomic mass is 19.4. The molecule has 0 aliphatic rings. The standard InChI is InChI=1S/C19H20F3N5O/c1-5-13-12(4)23-18(25-17(13)28)27-16(10(2)11(3)26-27)24-15-9-7-6-8-14(15)19(20,21)22/h6-9,24H,5H2,1-4H3,(H,23,25,28). The summed E-state index contributed by atoms with van der Waals surface area (Å²) < 4.78 is 41.4. The van der Waals surface area contributed by atoms with Crippen molar-refractivity contribution in [2.75, 3.05) is 5.32 Å². The van der Waals surface area contributed by atoms with Crippen molar-refractivity contribution in [1.29, 1.82) is 0 Å². The molecule has 1 aromatic carbocycles. The van der Waals surface area contributed by atoms with Crippen LogP contribution in [0.5, 0.6) is 0 Å². The normalized spacial score (nSPS) is 11.7. The molecule has 0 amide bonds. The van der Waals surface area contributed by atoms with E-state index in [1.54, 1.807) is 20.8 Å². The molecule has 0 bridgehead atoms. The number of anilines is 2. The number of halogens is 3. The zero-order valence-corrected chi connectivity index (χ0v) is 15.9. The van der Waals surface area contributed by atoms with E-state index in [0.717, 1.165) is 6.07 Å². The number of para-hydroxylation sites is 1. The molecule has 148 valence electrons. The van der Waals surface area contributed by atoms with Crippen molar-refractivity contribution in [3.05, 3.63) is 62.7 Å². The van der Waals surface area contributed by atoms with Crippen LogP contribution in [0.4, 0.5) is 24.7 Å². The summed E-state index contributed by atoms with van der Waals surface area (Å²) in [6, 6.07) is 5.19. The van der Waals surface area contributed by atoms with Gasteiger partial charge < -0.3 is 5.32 Å². The second-order valence-corrected chi connectivity index (χ2v) is 6.45. The molecule has 0 saturated heterocycles. The molecule has 28 heavy (non-hydrogen) atoms. The summed E-state index contributed by atoms with van der Waals surface area (Å²) in [5, 5.41) is 7.17. The highest BCUT2D eigenvalue weighted by molar-refractivity contribution is 5.65. The zero-order chi connectivity index (χ0) is 20.6. The highest BCUT2D eigenvalue weighted by Crippen LogP contribution is 2.36. The predicted molar refractivity (Wildman–Crippen MR) is 100 cm³/mol. The van der Waals surface area contributed by atoms with E-state index < -0.39 is 11.7 Å². The molecule has 0 aliphatic heterocycles.